The first-order valence-electron chi connectivity index (χ1n) is 6.46. The second kappa shape index (κ2) is 4.69. The topological polar surface area (TPSA) is 35.8 Å². The molecule has 0 bridgehead atoms. The summed E-state index contributed by atoms with van der Waals surface area (Å²) in [5, 5.41) is 12.2. The van der Waals surface area contributed by atoms with Crippen LogP contribution in [0.1, 0.15) is 30.7 Å². The van der Waals surface area contributed by atoms with Gasteiger partial charge >= 0.3 is 0 Å². The molecule has 2 heterocycles. The van der Waals surface area contributed by atoms with Gasteiger partial charge in [-0.05, 0) is 18.1 Å². The zero-order valence-corrected chi connectivity index (χ0v) is 10.2. The molecule has 3 rings (SSSR count). The Morgan fingerprint density at radius 2 is 2.17 bits per heavy atom. The van der Waals surface area contributed by atoms with E-state index in [0.29, 0.717) is 6.04 Å². The first-order chi connectivity index (χ1) is 8.78. The van der Waals surface area contributed by atoms with Crippen molar-refractivity contribution in [3.8, 4) is 0 Å². The van der Waals surface area contributed by atoms with E-state index in [9.17, 15) is 4.39 Å². The average molecular weight is 248 g/mol. The van der Waals surface area contributed by atoms with E-state index in [1.165, 1.54) is 6.07 Å². The summed E-state index contributed by atoms with van der Waals surface area (Å²) in [5.74, 6) is 0.174. The summed E-state index contributed by atoms with van der Waals surface area (Å²) < 4.78 is 13.8. The molecule has 1 aromatic rings. The van der Waals surface area contributed by atoms with Crippen molar-refractivity contribution in [3.05, 3.63) is 35.6 Å². The lowest BCUT2D eigenvalue weighted by Crippen LogP contribution is -2.38. The minimum atomic E-state index is -0.0987. The summed E-state index contributed by atoms with van der Waals surface area (Å²) in [6.07, 6.45) is 2.61. The smallest absolute Gasteiger partial charge is 0.126 e. The summed E-state index contributed by atoms with van der Waals surface area (Å²) in [5.41, 5.74) is 1.71. The third-order valence-corrected chi connectivity index (χ3v) is 4.17. The Hall–Kier alpha value is -1.42. The molecule has 2 unspecified atom stereocenters. The van der Waals surface area contributed by atoms with Gasteiger partial charge in [0.25, 0.3) is 0 Å². The number of piperidine rings is 1. The van der Waals surface area contributed by atoms with E-state index < -0.39 is 0 Å². The summed E-state index contributed by atoms with van der Waals surface area (Å²) in [6.45, 7) is 1.85. The van der Waals surface area contributed by atoms with Crippen LogP contribution in [-0.2, 0) is 0 Å². The van der Waals surface area contributed by atoms with Crippen LogP contribution < -0.4 is 0 Å². The minimum Gasteiger partial charge on any atom is -0.411 e. The highest BCUT2D eigenvalue weighted by Crippen LogP contribution is 2.36. The minimum absolute atomic E-state index is 0.0987. The molecule has 0 radical (unpaired) electrons. The highest BCUT2D eigenvalue weighted by atomic mass is 19.1. The molecule has 1 aromatic carbocycles. The highest BCUT2D eigenvalue weighted by molar-refractivity contribution is 5.85. The molecule has 0 spiro atoms. The average Bonchev–Trinajstić information content (AvgIpc) is 2.81. The second-order valence-corrected chi connectivity index (χ2v) is 5.22. The summed E-state index contributed by atoms with van der Waals surface area (Å²) >= 11 is 0. The summed E-state index contributed by atoms with van der Waals surface area (Å²) in [7, 11) is 0. The van der Waals surface area contributed by atoms with Gasteiger partial charge in [-0.2, -0.15) is 0 Å². The van der Waals surface area contributed by atoms with Crippen molar-refractivity contribution in [1.29, 1.82) is 0 Å². The molecule has 2 aliphatic heterocycles. The molecule has 0 aromatic heterocycles. The fourth-order valence-electron chi connectivity index (χ4n) is 3.24. The van der Waals surface area contributed by atoms with Crippen LogP contribution in [0.15, 0.2) is 29.4 Å². The maximum Gasteiger partial charge on any atom is 0.126 e. The molecule has 4 heteroatoms. The van der Waals surface area contributed by atoms with E-state index in [-0.39, 0.29) is 11.7 Å². The molecule has 3 nitrogen and oxygen atoms in total. The van der Waals surface area contributed by atoms with Crippen molar-refractivity contribution in [1.82, 2.24) is 4.90 Å². The number of nitrogens with zero attached hydrogens (tertiary/aromatic N) is 2. The lowest BCUT2D eigenvalue weighted by atomic mass is 9.93. The van der Waals surface area contributed by atoms with E-state index in [1.54, 1.807) is 6.07 Å². The van der Waals surface area contributed by atoms with Gasteiger partial charge in [0.15, 0.2) is 0 Å². The fourth-order valence-corrected chi connectivity index (χ4v) is 3.24. The predicted octanol–water partition coefficient (Wildman–Crippen LogP) is 2.61. The van der Waals surface area contributed by atoms with E-state index in [0.717, 1.165) is 43.6 Å². The Morgan fingerprint density at radius 1 is 1.33 bits per heavy atom. The van der Waals surface area contributed by atoms with Crippen LogP contribution in [0.2, 0.25) is 0 Å². The summed E-state index contributed by atoms with van der Waals surface area (Å²) in [6, 6.07) is 7.47. The van der Waals surface area contributed by atoms with Crippen LogP contribution in [0.3, 0.4) is 0 Å². The van der Waals surface area contributed by atoms with Gasteiger partial charge in [0, 0.05) is 37.9 Å². The van der Waals surface area contributed by atoms with Gasteiger partial charge in [0.2, 0.25) is 0 Å². The molecule has 0 amide bonds. The van der Waals surface area contributed by atoms with Crippen LogP contribution in [-0.4, -0.2) is 35.0 Å². The maximum absolute atomic E-state index is 13.8. The SMILES string of the molecule is ON=C1CCN2CC(c3ccccc3F)CC2C1. The van der Waals surface area contributed by atoms with Gasteiger partial charge in [0.1, 0.15) is 5.82 Å². The normalized spacial score (nSPS) is 30.6. The lowest BCUT2D eigenvalue weighted by Gasteiger charge is -2.29. The molecule has 96 valence electrons. The first-order valence-corrected chi connectivity index (χ1v) is 6.46. The Kier molecular flexibility index (Phi) is 3.04. The van der Waals surface area contributed by atoms with Crippen LogP contribution in [0.4, 0.5) is 4.39 Å². The predicted molar refractivity (Wildman–Crippen MR) is 67.6 cm³/mol. The number of benzene rings is 1. The zero-order chi connectivity index (χ0) is 12.5. The van der Waals surface area contributed by atoms with Crippen molar-refractivity contribution in [2.45, 2.75) is 31.2 Å². The van der Waals surface area contributed by atoms with Crippen LogP contribution in [0, 0.1) is 5.82 Å². The summed E-state index contributed by atoms with van der Waals surface area (Å²) in [4.78, 5) is 2.39. The van der Waals surface area contributed by atoms with Crippen LogP contribution >= 0.6 is 0 Å². The Bertz CT molecular complexity index is 475. The third-order valence-electron chi connectivity index (χ3n) is 4.17. The number of hydrogen-bond donors (Lipinski definition) is 1. The van der Waals surface area contributed by atoms with Crippen LogP contribution in [0.5, 0.6) is 0 Å². The molecule has 2 atom stereocenters. The number of hydrogen-bond acceptors (Lipinski definition) is 3. The highest BCUT2D eigenvalue weighted by Gasteiger charge is 2.36. The quantitative estimate of drug-likeness (QED) is 0.612. The number of rotatable bonds is 1. The molecule has 2 fully saturated rings. The van der Waals surface area contributed by atoms with Gasteiger partial charge in [-0.25, -0.2) is 4.39 Å². The molecule has 0 aliphatic carbocycles. The third kappa shape index (κ3) is 2.01. The van der Waals surface area contributed by atoms with Gasteiger partial charge in [-0.3, -0.25) is 4.90 Å². The van der Waals surface area contributed by atoms with Crippen LogP contribution in [0.25, 0.3) is 0 Å². The number of oxime groups is 1. The van der Waals surface area contributed by atoms with E-state index in [2.05, 4.69) is 10.1 Å². The lowest BCUT2D eigenvalue weighted by molar-refractivity contribution is 0.239. The molecule has 0 saturated carbocycles. The number of halogens is 1. The Balaban J connectivity index is 1.77. The Labute approximate surface area is 106 Å². The van der Waals surface area contributed by atoms with Crippen molar-refractivity contribution in [3.63, 3.8) is 0 Å². The largest absolute Gasteiger partial charge is 0.411 e. The van der Waals surface area contributed by atoms with Gasteiger partial charge in [0.05, 0.1) is 5.71 Å². The van der Waals surface area contributed by atoms with E-state index in [1.807, 2.05) is 12.1 Å². The standard InChI is InChI=1S/C14H17FN2O/c15-14-4-2-1-3-13(14)10-7-12-8-11(16-18)5-6-17(12)9-10/h1-4,10,12,18H,5-9H2. The number of fused-ring (bicyclic) bond motifs is 1. The van der Waals surface area contributed by atoms with Crippen molar-refractivity contribution < 1.29 is 9.60 Å². The van der Waals surface area contributed by atoms with Gasteiger partial charge < -0.3 is 5.21 Å². The second-order valence-electron chi connectivity index (χ2n) is 5.22. The van der Waals surface area contributed by atoms with Crippen molar-refractivity contribution in [2.24, 2.45) is 5.16 Å². The van der Waals surface area contributed by atoms with Gasteiger partial charge in [-0.1, -0.05) is 23.4 Å². The fraction of sp³-hybridized carbons (Fsp3) is 0.500. The van der Waals surface area contributed by atoms with Gasteiger partial charge in [-0.15, -0.1) is 0 Å². The molecule has 2 saturated heterocycles. The van der Waals surface area contributed by atoms with E-state index >= 15 is 0 Å². The maximum atomic E-state index is 13.8. The Morgan fingerprint density at radius 3 is 2.94 bits per heavy atom. The molecule has 1 N–H and O–H groups in total. The molecule has 18 heavy (non-hydrogen) atoms. The van der Waals surface area contributed by atoms with Crippen molar-refractivity contribution >= 4 is 5.71 Å². The first kappa shape index (κ1) is 11.7. The monoisotopic (exact) mass is 248 g/mol. The molecular weight excluding hydrogens is 231 g/mol. The molecule has 2 aliphatic rings. The molecular formula is C14H17FN2O. The zero-order valence-electron chi connectivity index (χ0n) is 10.2. The van der Waals surface area contributed by atoms with E-state index in [4.69, 9.17) is 5.21 Å². The van der Waals surface area contributed by atoms with Crippen molar-refractivity contribution in [2.75, 3.05) is 13.1 Å².